The minimum absolute atomic E-state index is 0.346. The molecule has 0 fully saturated rings. The number of hydrogen-bond donors (Lipinski definition) is 1. The third-order valence-corrected chi connectivity index (χ3v) is 6.75. The number of nitrogens with zero attached hydrogens (tertiary/aromatic N) is 6. The third-order valence-electron chi connectivity index (χ3n) is 5.81. The van der Waals surface area contributed by atoms with Crippen molar-refractivity contribution in [2.75, 3.05) is 5.43 Å². The molecule has 1 N–H and O–H groups in total. The van der Waals surface area contributed by atoms with Crippen LogP contribution in [0.5, 0.6) is 0 Å². The molecule has 0 aliphatic heterocycles. The molecule has 0 spiro atoms. The predicted molar refractivity (Wildman–Crippen MR) is 154 cm³/mol. The summed E-state index contributed by atoms with van der Waals surface area (Å²) in [5.41, 5.74) is 6.79. The summed E-state index contributed by atoms with van der Waals surface area (Å²) >= 11 is 1.34. The van der Waals surface area contributed by atoms with Crippen LogP contribution in [0.3, 0.4) is 0 Å². The first-order valence-corrected chi connectivity index (χ1v) is 12.9. The molecule has 0 unspecified atom stereocenters. The molecule has 6 rings (SSSR count). The normalized spacial score (nSPS) is 11.6. The molecule has 6 aromatic rings. The number of anilines is 1. The summed E-state index contributed by atoms with van der Waals surface area (Å²) in [6.07, 6.45) is 3.43. The van der Waals surface area contributed by atoms with Gasteiger partial charge >= 0.3 is 5.63 Å². The summed E-state index contributed by atoms with van der Waals surface area (Å²) in [4.78, 5) is 17.4. The van der Waals surface area contributed by atoms with Crippen molar-refractivity contribution < 1.29 is 4.42 Å². The first-order chi connectivity index (χ1) is 19.1. The monoisotopic (exact) mass is 531 g/mol. The average molecular weight is 532 g/mol. The van der Waals surface area contributed by atoms with Gasteiger partial charge in [0, 0.05) is 17.1 Å². The lowest BCUT2D eigenvalue weighted by Gasteiger charge is -2.01. The zero-order valence-electron chi connectivity index (χ0n) is 20.7. The maximum absolute atomic E-state index is 12.9. The van der Waals surface area contributed by atoms with E-state index in [1.165, 1.54) is 11.3 Å². The van der Waals surface area contributed by atoms with E-state index in [0.29, 0.717) is 32.5 Å². The van der Waals surface area contributed by atoms with Gasteiger partial charge in [-0.25, -0.2) is 14.5 Å². The second-order valence-electron chi connectivity index (χ2n) is 8.51. The number of azo groups is 1. The molecule has 39 heavy (non-hydrogen) atoms. The zero-order valence-corrected chi connectivity index (χ0v) is 21.5. The minimum atomic E-state index is -0.474. The van der Waals surface area contributed by atoms with Crippen molar-refractivity contribution in [2.45, 2.75) is 6.92 Å². The fourth-order valence-electron chi connectivity index (χ4n) is 3.91. The van der Waals surface area contributed by atoms with Crippen LogP contribution in [0, 0.1) is 6.92 Å². The highest BCUT2D eigenvalue weighted by molar-refractivity contribution is 7.19. The molecule has 10 heteroatoms. The Morgan fingerprint density at radius 3 is 2.51 bits per heavy atom. The van der Waals surface area contributed by atoms with Crippen LogP contribution in [0.4, 0.5) is 15.8 Å². The van der Waals surface area contributed by atoms with E-state index in [2.05, 4.69) is 25.7 Å². The van der Waals surface area contributed by atoms with Crippen LogP contribution in [-0.4, -0.2) is 21.0 Å². The number of aromatic nitrogens is 3. The second kappa shape index (κ2) is 10.6. The quantitative estimate of drug-likeness (QED) is 0.101. The lowest BCUT2D eigenvalue weighted by Crippen LogP contribution is -2.05. The van der Waals surface area contributed by atoms with Crippen LogP contribution in [0.25, 0.3) is 27.9 Å². The molecule has 0 atom stereocenters. The van der Waals surface area contributed by atoms with Gasteiger partial charge in [-0.15, -0.1) is 10.2 Å². The van der Waals surface area contributed by atoms with Gasteiger partial charge in [0.1, 0.15) is 11.3 Å². The van der Waals surface area contributed by atoms with Crippen molar-refractivity contribution in [1.82, 2.24) is 14.8 Å². The van der Waals surface area contributed by atoms with Gasteiger partial charge in [-0.3, -0.25) is 5.43 Å². The first-order valence-electron chi connectivity index (χ1n) is 12.1. The van der Waals surface area contributed by atoms with E-state index >= 15 is 0 Å². The Balaban J connectivity index is 1.31. The number of hydrazone groups is 1. The highest BCUT2D eigenvalue weighted by Gasteiger charge is 2.16. The van der Waals surface area contributed by atoms with Crippen LogP contribution < -0.4 is 11.1 Å². The largest absolute Gasteiger partial charge is 0.422 e. The van der Waals surface area contributed by atoms with Crippen molar-refractivity contribution >= 4 is 44.3 Å². The molecular weight excluding hydrogens is 510 g/mol. The zero-order chi connectivity index (χ0) is 26.6. The van der Waals surface area contributed by atoms with Gasteiger partial charge < -0.3 is 4.42 Å². The molecule has 0 aliphatic rings. The lowest BCUT2D eigenvalue weighted by molar-refractivity contribution is 0.563. The molecule has 3 aromatic heterocycles. The molecule has 190 valence electrons. The molecule has 3 heterocycles. The smallest absolute Gasteiger partial charge is 0.345 e. The molecule has 0 saturated heterocycles. The fourth-order valence-corrected chi connectivity index (χ4v) is 4.65. The van der Waals surface area contributed by atoms with Gasteiger partial charge in [-0.1, -0.05) is 65.9 Å². The molecule has 3 aromatic carbocycles. The molecule has 0 amide bonds. The summed E-state index contributed by atoms with van der Waals surface area (Å²) in [7, 11) is 0. The van der Waals surface area contributed by atoms with Gasteiger partial charge in [0.2, 0.25) is 5.13 Å². The van der Waals surface area contributed by atoms with E-state index in [1.54, 1.807) is 23.0 Å². The van der Waals surface area contributed by atoms with E-state index in [9.17, 15) is 4.79 Å². The van der Waals surface area contributed by atoms with Crippen LogP contribution >= 0.6 is 11.3 Å². The van der Waals surface area contributed by atoms with Crippen molar-refractivity contribution in [2.24, 2.45) is 15.3 Å². The van der Waals surface area contributed by atoms with Gasteiger partial charge in [-0.2, -0.15) is 10.2 Å². The summed E-state index contributed by atoms with van der Waals surface area (Å²) < 4.78 is 7.28. The summed E-state index contributed by atoms with van der Waals surface area (Å²) in [6.45, 7) is 1.87. The molecule has 0 saturated carbocycles. The number of fused-ring (bicyclic) bond motifs is 1. The van der Waals surface area contributed by atoms with Crippen molar-refractivity contribution in [1.29, 1.82) is 0 Å². The Hall–Kier alpha value is -5.22. The standard InChI is InChI=1S/C29H21N7O2S/c1-19-27(33-32-22-11-4-2-5-12-22)39-29(31-19)34-30-17-21-18-36(23-13-6-3-7-14-23)35-26(21)24-16-20-10-8-9-15-25(20)38-28(24)37/h2-18H,1H3,(H,31,34)/b30-17+,33-32?. The number of rotatable bonds is 7. The minimum Gasteiger partial charge on any atom is -0.422 e. The van der Waals surface area contributed by atoms with Gasteiger partial charge in [0.05, 0.1) is 28.8 Å². The predicted octanol–water partition coefficient (Wildman–Crippen LogP) is 7.27. The third kappa shape index (κ3) is 5.27. The Morgan fingerprint density at radius 1 is 0.949 bits per heavy atom. The highest BCUT2D eigenvalue weighted by Crippen LogP contribution is 2.32. The number of aryl methyl sites for hydroxylation is 1. The molecule has 0 radical (unpaired) electrons. The Labute approximate surface area is 226 Å². The second-order valence-corrected chi connectivity index (χ2v) is 9.49. The van der Waals surface area contributed by atoms with Crippen LogP contribution in [0.2, 0.25) is 0 Å². The van der Waals surface area contributed by atoms with Gasteiger partial charge in [0.25, 0.3) is 0 Å². The first kappa shape index (κ1) is 24.1. The summed E-state index contributed by atoms with van der Waals surface area (Å²) in [6, 6.07) is 28.3. The number of hydrogen-bond acceptors (Lipinski definition) is 9. The van der Waals surface area contributed by atoms with Crippen LogP contribution in [0.15, 0.2) is 122 Å². The fraction of sp³-hybridized carbons (Fsp3) is 0.0345. The summed E-state index contributed by atoms with van der Waals surface area (Å²) in [5.74, 6) is 0. The van der Waals surface area contributed by atoms with Crippen LogP contribution in [0.1, 0.15) is 11.3 Å². The van der Waals surface area contributed by atoms with Gasteiger partial charge in [0.15, 0.2) is 5.00 Å². The SMILES string of the molecule is Cc1nc(N/N=C/c2cn(-c3ccccc3)nc2-c2cc3ccccc3oc2=O)sc1N=Nc1ccccc1. The average Bonchev–Trinajstić information content (AvgIpc) is 3.55. The number of para-hydroxylation sites is 2. The van der Waals surface area contributed by atoms with Crippen LogP contribution in [-0.2, 0) is 0 Å². The molecule has 0 aliphatic carbocycles. The maximum Gasteiger partial charge on any atom is 0.345 e. The topological polar surface area (TPSA) is 110 Å². The van der Waals surface area contributed by atoms with E-state index in [0.717, 1.165) is 22.5 Å². The lowest BCUT2D eigenvalue weighted by atomic mass is 10.1. The van der Waals surface area contributed by atoms with E-state index in [-0.39, 0.29) is 0 Å². The van der Waals surface area contributed by atoms with E-state index < -0.39 is 5.63 Å². The maximum atomic E-state index is 12.9. The van der Waals surface area contributed by atoms with E-state index in [4.69, 9.17) is 9.52 Å². The molecule has 9 nitrogen and oxygen atoms in total. The Bertz CT molecular complexity index is 1870. The number of nitrogens with one attached hydrogen (secondary N) is 1. The van der Waals surface area contributed by atoms with E-state index in [1.807, 2.05) is 92.0 Å². The highest BCUT2D eigenvalue weighted by atomic mass is 32.1. The van der Waals surface area contributed by atoms with Crippen molar-refractivity contribution in [3.63, 3.8) is 0 Å². The van der Waals surface area contributed by atoms with Crippen molar-refractivity contribution in [3.8, 4) is 16.9 Å². The number of benzene rings is 3. The summed E-state index contributed by atoms with van der Waals surface area (Å²) in [5, 5.41) is 19.7. The van der Waals surface area contributed by atoms with Gasteiger partial charge in [-0.05, 0) is 43.3 Å². The molecular formula is C29H21N7O2S. The number of thiazole rings is 1. The van der Waals surface area contributed by atoms with Crippen molar-refractivity contribution in [3.05, 3.63) is 119 Å². The Kier molecular flexibility index (Phi) is 6.59. The Morgan fingerprint density at radius 2 is 1.69 bits per heavy atom. The molecule has 0 bridgehead atoms.